The van der Waals surface area contributed by atoms with Crippen LogP contribution < -0.4 is 10.9 Å². The highest BCUT2D eigenvalue weighted by molar-refractivity contribution is 6.32. The molecule has 1 N–H and O–H groups in total. The molecule has 0 unspecified atom stereocenters. The molecule has 2 aromatic rings. The Hall–Kier alpha value is -2.09. The van der Waals surface area contributed by atoms with Gasteiger partial charge in [0.15, 0.2) is 0 Å². The van der Waals surface area contributed by atoms with Crippen LogP contribution in [0.1, 0.15) is 5.56 Å². The van der Waals surface area contributed by atoms with Gasteiger partial charge in [-0.15, -0.1) is 0 Å². The standard InChI is InChI=1S/C12H10ClF3N4O/c13-10-9(18-5-8-2-1-3-17-4-8)6-19-20(11(10)21)7-12(14,15)16/h1-4,6,18H,5,7H2. The minimum Gasteiger partial charge on any atom is -0.378 e. The van der Waals surface area contributed by atoms with Gasteiger partial charge in [-0.2, -0.15) is 18.3 Å². The first-order valence-corrected chi connectivity index (χ1v) is 6.20. The summed E-state index contributed by atoms with van der Waals surface area (Å²) >= 11 is 5.77. The number of alkyl halides is 3. The summed E-state index contributed by atoms with van der Waals surface area (Å²) in [6.45, 7) is -1.16. The molecule has 2 heterocycles. The molecular formula is C12H10ClF3N4O. The van der Waals surface area contributed by atoms with Gasteiger partial charge in [-0.25, -0.2) is 4.68 Å². The van der Waals surface area contributed by atoms with Crippen LogP contribution in [0.3, 0.4) is 0 Å². The van der Waals surface area contributed by atoms with Crippen LogP contribution in [-0.4, -0.2) is 20.9 Å². The predicted molar refractivity (Wildman–Crippen MR) is 71.1 cm³/mol. The average molecular weight is 319 g/mol. The normalized spacial score (nSPS) is 11.4. The van der Waals surface area contributed by atoms with Crippen molar-refractivity contribution >= 4 is 17.3 Å². The second-order valence-electron chi connectivity index (χ2n) is 4.17. The fraction of sp³-hybridized carbons (Fsp3) is 0.250. The Labute approximate surface area is 122 Å². The maximum atomic E-state index is 12.3. The van der Waals surface area contributed by atoms with Crippen molar-refractivity contribution in [3.63, 3.8) is 0 Å². The molecule has 5 nitrogen and oxygen atoms in total. The molecule has 0 aliphatic heterocycles. The Morgan fingerprint density at radius 3 is 2.71 bits per heavy atom. The minimum absolute atomic E-state index is 0.170. The number of hydrogen-bond acceptors (Lipinski definition) is 4. The SMILES string of the molecule is O=c1c(Cl)c(NCc2cccnc2)cnn1CC(F)(F)F. The second kappa shape index (κ2) is 6.13. The van der Waals surface area contributed by atoms with Crippen LogP contribution in [0.2, 0.25) is 5.02 Å². The van der Waals surface area contributed by atoms with Crippen molar-refractivity contribution in [2.75, 3.05) is 5.32 Å². The lowest BCUT2D eigenvalue weighted by molar-refractivity contribution is -0.143. The number of pyridine rings is 1. The number of anilines is 1. The van der Waals surface area contributed by atoms with E-state index >= 15 is 0 Å². The van der Waals surface area contributed by atoms with Gasteiger partial charge in [0, 0.05) is 18.9 Å². The van der Waals surface area contributed by atoms with Crippen LogP contribution in [-0.2, 0) is 13.1 Å². The van der Waals surface area contributed by atoms with Crippen molar-refractivity contribution in [2.24, 2.45) is 0 Å². The molecule has 0 amide bonds. The molecule has 0 radical (unpaired) electrons. The molecule has 2 rings (SSSR count). The van der Waals surface area contributed by atoms with Gasteiger partial charge in [0.2, 0.25) is 0 Å². The third-order valence-electron chi connectivity index (χ3n) is 2.52. The van der Waals surface area contributed by atoms with Crippen LogP contribution in [0, 0.1) is 0 Å². The van der Waals surface area contributed by atoms with Crippen LogP contribution >= 0.6 is 11.6 Å². The lowest BCUT2D eigenvalue weighted by Gasteiger charge is -2.11. The number of nitrogens with one attached hydrogen (secondary N) is 1. The molecular weight excluding hydrogens is 309 g/mol. The van der Waals surface area contributed by atoms with Gasteiger partial charge in [0.25, 0.3) is 5.56 Å². The van der Waals surface area contributed by atoms with E-state index < -0.39 is 18.3 Å². The van der Waals surface area contributed by atoms with Crippen molar-refractivity contribution in [3.05, 3.63) is 51.7 Å². The van der Waals surface area contributed by atoms with Crippen LogP contribution in [0.25, 0.3) is 0 Å². The quantitative estimate of drug-likeness (QED) is 0.941. The first kappa shape index (κ1) is 15.3. The van der Waals surface area contributed by atoms with E-state index in [9.17, 15) is 18.0 Å². The molecule has 21 heavy (non-hydrogen) atoms. The maximum Gasteiger partial charge on any atom is 0.408 e. The second-order valence-corrected chi connectivity index (χ2v) is 4.54. The zero-order valence-electron chi connectivity index (χ0n) is 10.6. The minimum atomic E-state index is -4.54. The Balaban J connectivity index is 2.15. The lowest BCUT2D eigenvalue weighted by Crippen LogP contribution is -2.30. The van der Waals surface area contributed by atoms with E-state index in [1.54, 1.807) is 24.5 Å². The molecule has 0 aliphatic rings. The molecule has 0 aromatic carbocycles. The molecule has 0 atom stereocenters. The molecule has 0 spiro atoms. The highest BCUT2D eigenvalue weighted by Gasteiger charge is 2.29. The van der Waals surface area contributed by atoms with E-state index in [-0.39, 0.29) is 15.4 Å². The molecule has 0 bridgehead atoms. The summed E-state index contributed by atoms with van der Waals surface area (Å²) in [4.78, 5) is 15.6. The Morgan fingerprint density at radius 1 is 1.33 bits per heavy atom. The smallest absolute Gasteiger partial charge is 0.378 e. The number of halogens is 4. The highest BCUT2D eigenvalue weighted by Crippen LogP contribution is 2.19. The average Bonchev–Trinajstić information content (AvgIpc) is 2.43. The molecule has 112 valence electrons. The van der Waals surface area contributed by atoms with Crippen LogP contribution in [0.15, 0.2) is 35.5 Å². The third-order valence-corrected chi connectivity index (χ3v) is 2.88. The topological polar surface area (TPSA) is 59.8 Å². The third kappa shape index (κ3) is 4.19. The predicted octanol–water partition coefficient (Wildman–Crippen LogP) is 2.47. The molecule has 9 heteroatoms. The summed E-state index contributed by atoms with van der Waals surface area (Å²) in [6.07, 6.45) is -0.230. The highest BCUT2D eigenvalue weighted by atomic mass is 35.5. The van der Waals surface area contributed by atoms with E-state index in [1.807, 2.05) is 0 Å². The fourth-order valence-electron chi connectivity index (χ4n) is 1.57. The van der Waals surface area contributed by atoms with Crippen molar-refractivity contribution in [2.45, 2.75) is 19.3 Å². The number of rotatable bonds is 4. The van der Waals surface area contributed by atoms with Gasteiger partial charge in [-0.3, -0.25) is 9.78 Å². The zero-order chi connectivity index (χ0) is 15.5. The molecule has 0 fully saturated rings. The van der Waals surface area contributed by atoms with Gasteiger partial charge in [0.1, 0.15) is 11.6 Å². The van der Waals surface area contributed by atoms with Crippen LogP contribution in [0.5, 0.6) is 0 Å². The lowest BCUT2D eigenvalue weighted by atomic mass is 10.3. The Morgan fingerprint density at radius 2 is 2.10 bits per heavy atom. The summed E-state index contributed by atoms with van der Waals surface area (Å²) in [5.41, 5.74) is 0.00200. The maximum absolute atomic E-state index is 12.3. The monoisotopic (exact) mass is 318 g/mol. The van der Waals surface area contributed by atoms with E-state index in [0.717, 1.165) is 11.8 Å². The zero-order valence-corrected chi connectivity index (χ0v) is 11.3. The van der Waals surface area contributed by atoms with Crippen molar-refractivity contribution in [1.82, 2.24) is 14.8 Å². The Bertz CT molecular complexity index is 672. The van der Waals surface area contributed by atoms with E-state index in [4.69, 9.17) is 11.6 Å². The van der Waals surface area contributed by atoms with Gasteiger partial charge in [-0.05, 0) is 11.6 Å². The van der Waals surface area contributed by atoms with Gasteiger partial charge < -0.3 is 5.32 Å². The van der Waals surface area contributed by atoms with E-state index in [0.29, 0.717) is 6.54 Å². The van der Waals surface area contributed by atoms with Crippen molar-refractivity contribution in [3.8, 4) is 0 Å². The first-order chi connectivity index (χ1) is 9.87. The number of nitrogens with zero attached hydrogens (tertiary/aromatic N) is 3. The first-order valence-electron chi connectivity index (χ1n) is 5.82. The summed E-state index contributed by atoms with van der Waals surface area (Å²) in [7, 11) is 0. The van der Waals surface area contributed by atoms with Crippen molar-refractivity contribution in [1.29, 1.82) is 0 Å². The largest absolute Gasteiger partial charge is 0.408 e. The van der Waals surface area contributed by atoms with Crippen LogP contribution in [0.4, 0.5) is 18.9 Å². The molecule has 0 saturated heterocycles. The molecule has 0 saturated carbocycles. The van der Waals surface area contributed by atoms with Crippen molar-refractivity contribution < 1.29 is 13.2 Å². The van der Waals surface area contributed by atoms with Gasteiger partial charge in [-0.1, -0.05) is 17.7 Å². The molecule has 0 aliphatic carbocycles. The molecule has 2 aromatic heterocycles. The fourth-order valence-corrected chi connectivity index (χ4v) is 1.78. The van der Waals surface area contributed by atoms with Gasteiger partial charge >= 0.3 is 6.18 Å². The summed E-state index contributed by atoms with van der Waals surface area (Å²) in [5.74, 6) is 0. The van der Waals surface area contributed by atoms with E-state index in [2.05, 4.69) is 15.4 Å². The summed E-state index contributed by atoms with van der Waals surface area (Å²) < 4.78 is 37.0. The Kier molecular flexibility index (Phi) is 4.46. The van der Waals surface area contributed by atoms with Gasteiger partial charge in [0.05, 0.1) is 11.9 Å². The summed E-state index contributed by atoms with van der Waals surface area (Å²) in [6, 6.07) is 3.53. The summed E-state index contributed by atoms with van der Waals surface area (Å²) in [5, 5.41) is 5.95. The number of hydrogen-bond donors (Lipinski definition) is 1. The van der Waals surface area contributed by atoms with E-state index in [1.165, 1.54) is 0 Å². The number of aromatic nitrogens is 3.